The van der Waals surface area contributed by atoms with E-state index in [2.05, 4.69) is 23.8 Å². The first-order valence-corrected chi connectivity index (χ1v) is 7.30. The van der Waals surface area contributed by atoms with E-state index in [9.17, 15) is 4.79 Å². The Hall–Kier alpha value is -1.40. The van der Waals surface area contributed by atoms with Gasteiger partial charge in [-0.05, 0) is 20.3 Å². The molecule has 20 heavy (non-hydrogen) atoms. The lowest BCUT2D eigenvalue weighted by Crippen LogP contribution is -2.31. The van der Waals surface area contributed by atoms with Gasteiger partial charge in [0.25, 0.3) is 5.56 Å². The zero-order valence-corrected chi connectivity index (χ0v) is 12.2. The highest BCUT2D eigenvalue weighted by molar-refractivity contribution is 5.42. The van der Waals surface area contributed by atoms with Crippen LogP contribution in [0.1, 0.15) is 26.7 Å². The molecule has 2 rings (SSSR count). The largest absolute Gasteiger partial charge is 0.371 e. The van der Waals surface area contributed by atoms with Crippen LogP contribution in [0.25, 0.3) is 0 Å². The number of hydrogen-bond donors (Lipinski definition) is 0. The molecule has 0 aromatic carbocycles. The summed E-state index contributed by atoms with van der Waals surface area (Å²) >= 11 is 0. The van der Waals surface area contributed by atoms with Crippen LogP contribution >= 0.6 is 0 Å². The summed E-state index contributed by atoms with van der Waals surface area (Å²) < 4.78 is 12.4. The average molecular weight is 281 g/mol. The number of hydrogen-bond acceptors (Lipinski definition) is 5. The van der Waals surface area contributed by atoms with Crippen LogP contribution in [-0.4, -0.2) is 42.4 Å². The zero-order valence-electron chi connectivity index (χ0n) is 12.2. The smallest absolute Gasteiger partial charge is 0.268 e. The molecule has 6 nitrogen and oxygen atoms in total. The first kappa shape index (κ1) is 15.0. The number of ether oxygens (including phenoxy) is 2. The summed E-state index contributed by atoms with van der Waals surface area (Å²) in [6.45, 7) is 7.83. The molecular weight excluding hydrogens is 258 g/mol. The van der Waals surface area contributed by atoms with E-state index in [1.807, 2.05) is 0 Å². The van der Waals surface area contributed by atoms with Crippen LogP contribution in [0.5, 0.6) is 0 Å². The molecule has 6 heteroatoms. The van der Waals surface area contributed by atoms with Crippen molar-refractivity contribution < 1.29 is 9.47 Å². The number of aryl methyl sites for hydroxylation is 1. The predicted octanol–water partition coefficient (Wildman–Crippen LogP) is 1.24. The Kier molecular flexibility index (Phi) is 5.55. The van der Waals surface area contributed by atoms with Gasteiger partial charge in [-0.25, -0.2) is 4.68 Å². The molecule has 1 aromatic rings. The van der Waals surface area contributed by atoms with Crippen molar-refractivity contribution in [1.29, 1.82) is 0 Å². The quantitative estimate of drug-likeness (QED) is 0.785. The fraction of sp³-hybridized carbons (Fsp3) is 0.714. The highest BCUT2D eigenvalue weighted by Crippen LogP contribution is 2.10. The maximum absolute atomic E-state index is 12.0. The Morgan fingerprint density at radius 2 is 2.05 bits per heavy atom. The summed E-state index contributed by atoms with van der Waals surface area (Å²) in [6.07, 6.45) is 3.13. The molecule has 1 aliphatic rings. The Balaban J connectivity index is 1.97. The average Bonchev–Trinajstić information content (AvgIpc) is 2.49. The van der Waals surface area contributed by atoms with Gasteiger partial charge in [0.15, 0.2) is 6.29 Å². The summed E-state index contributed by atoms with van der Waals surface area (Å²) in [5.41, 5.74) is 0.798. The van der Waals surface area contributed by atoms with Crippen LogP contribution in [0.4, 0.5) is 5.69 Å². The highest BCUT2D eigenvalue weighted by Gasteiger charge is 2.14. The first-order valence-electron chi connectivity index (χ1n) is 7.30. The van der Waals surface area contributed by atoms with Crippen LogP contribution in [0.2, 0.25) is 0 Å². The van der Waals surface area contributed by atoms with Gasteiger partial charge >= 0.3 is 0 Å². The van der Waals surface area contributed by atoms with Gasteiger partial charge in [-0.15, -0.1) is 0 Å². The standard InChI is InChI=1S/C14H23N3O3/c1-3-16(4-2)12-10-13(18)17(15-11-12)7-6-14-19-8-5-9-20-14/h10-11,14H,3-9H2,1-2H3. The number of anilines is 1. The number of rotatable bonds is 6. The summed E-state index contributed by atoms with van der Waals surface area (Å²) in [7, 11) is 0. The Morgan fingerprint density at radius 3 is 2.65 bits per heavy atom. The maximum Gasteiger partial charge on any atom is 0.268 e. The third-order valence-corrected chi connectivity index (χ3v) is 3.46. The van der Waals surface area contributed by atoms with Gasteiger partial charge in [0.1, 0.15) is 0 Å². The topological polar surface area (TPSA) is 56.6 Å². The molecule has 0 N–H and O–H groups in total. The van der Waals surface area contributed by atoms with Crippen molar-refractivity contribution in [3.63, 3.8) is 0 Å². The minimum absolute atomic E-state index is 0.0785. The van der Waals surface area contributed by atoms with Crippen LogP contribution < -0.4 is 10.5 Å². The molecule has 0 radical (unpaired) electrons. The van der Waals surface area contributed by atoms with E-state index in [4.69, 9.17) is 9.47 Å². The lowest BCUT2D eigenvalue weighted by molar-refractivity contribution is -0.182. The van der Waals surface area contributed by atoms with Gasteiger partial charge in [-0.2, -0.15) is 5.10 Å². The van der Waals surface area contributed by atoms with Crippen LogP contribution in [-0.2, 0) is 16.0 Å². The van der Waals surface area contributed by atoms with Crippen molar-refractivity contribution >= 4 is 5.69 Å². The fourth-order valence-electron chi connectivity index (χ4n) is 2.28. The highest BCUT2D eigenvalue weighted by atomic mass is 16.7. The van der Waals surface area contributed by atoms with E-state index in [0.29, 0.717) is 13.0 Å². The maximum atomic E-state index is 12.0. The van der Waals surface area contributed by atoms with Gasteiger partial charge in [0.2, 0.25) is 0 Å². The number of aromatic nitrogens is 2. The van der Waals surface area contributed by atoms with Crippen molar-refractivity contribution in [2.45, 2.75) is 39.5 Å². The summed E-state index contributed by atoms with van der Waals surface area (Å²) in [5.74, 6) is 0. The van der Waals surface area contributed by atoms with Crippen molar-refractivity contribution in [3.8, 4) is 0 Å². The third-order valence-electron chi connectivity index (χ3n) is 3.46. The molecule has 1 aromatic heterocycles. The molecule has 2 heterocycles. The Labute approximate surface area is 119 Å². The molecule has 112 valence electrons. The fourth-order valence-corrected chi connectivity index (χ4v) is 2.28. The van der Waals surface area contributed by atoms with Crippen LogP contribution in [0, 0.1) is 0 Å². The summed E-state index contributed by atoms with van der Waals surface area (Å²) in [4.78, 5) is 14.1. The Bertz CT molecular complexity index is 465. The van der Waals surface area contributed by atoms with Gasteiger partial charge in [0.05, 0.1) is 25.1 Å². The molecule has 1 saturated heterocycles. The first-order chi connectivity index (χ1) is 9.74. The van der Waals surface area contributed by atoms with Gasteiger partial charge in [0, 0.05) is 32.1 Å². The van der Waals surface area contributed by atoms with E-state index < -0.39 is 0 Å². The molecule has 0 unspecified atom stereocenters. The molecule has 0 spiro atoms. The normalized spacial score (nSPS) is 16.3. The van der Waals surface area contributed by atoms with Crippen LogP contribution in [0.3, 0.4) is 0 Å². The minimum atomic E-state index is -0.208. The molecule has 0 bridgehead atoms. The lowest BCUT2D eigenvalue weighted by Gasteiger charge is -2.23. The lowest BCUT2D eigenvalue weighted by atomic mass is 10.3. The molecule has 1 aliphatic heterocycles. The molecule has 0 amide bonds. The van der Waals surface area contributed by atoms with Crippen molar-refractivity contribution in [2.24, 2.45) is 0 Å². The second kappa shape index (κ2) is 7.40. The predicted molar refractivity (Wildman–Crippen MR) is 77.0 cm³/mol. The van der Waals surface area contributed by atoms with Crippen LogP contribution in [0.15, 0.2) is 17.1 Å². The molecule has 0 saturated carbocycles. The van der Waals surface area contributed by atoms with E-state index in [-0.39, 0.29) is 11.8 Å². The zero-order chi connectivity index (χ0) is 14.4. The van der Waals surface area contributed by atoms with Gasteiger partial charge < -0.3 is 14.4 Å². The van der Waals surface area contributed by atoms with Gasteiger partial charge in [-0.1, -0.05) is 0 Å². The van der Waals surface area contributed by atoms with E-state index in [0.717, 1.165) is 38.4 Å². The summed E-state index contributed by atoms with van der Waals surface area (Å²) in [6, 6.07) is 1.64. The molecular formula is C14H23N3O3. The van der Waals surface area contributed by atoms with Crippen molar-refractivity contribution in [2.75, 3.05) is 31.2 Å². The monoisotopic (exact) mass is 281 g/mol. The van der Waals surface area contributed by atoms with E-state index in [1.165, 1.54) is 4.68 Å². The molecule has 1 fully saturated rings. The Morgan fingerprint density at radius 1 is 1.35 bits per heavy atom. The second-order valence-corrected chi connectivity index (χ2v) is 4.76. The summed E-state index contributed by atoms with van der Waals surface area (Å²) in [5, 5.41) is 4.23. The number of nitrogens with zero attached hydrogens (tertiary/aromatic N) is 3. The second-order valence-electron chi connectivity index (χ2n) is 4.76. The molecule has 0 atom stereocenters. The van der Waals surface area contributed by atoms with Crippen molar-refractivity contribution in [1.82, 2.24) is 9.78 Å². The van der Waals surface area contributed by atoms with Gasteiger partial charge in [-0.3, -0.25) is 4.79 Å². The third kappa shape index (κ3) is 3.80. The minimum Gasteiger partial charge on any atom is -0.371 e. The molecule has 0 aliphatic carbocycles. The van der Waals surface area contributed by atoms with E-state index in [1.54, 1.807) is 12.3 Å². The van der Waals surface area contributed by atoms with E-state index >= 15 is 0 Å². The van der Waals surface area contributed by atoms with Crippen molar-refractivity contribution in [3.05, 3.63) is 22.6 Å². The SMILES string of the molecule is CCN(CC)c1cnn(CCC2OCCCO2)c(=O)c1.